The van der Waals surface area contributed by atoms with Gasteiger partial charge in [0.05, 0.1) is 16.6 Å². The van der Waals surface area contributed by atoms with E-state index in [1.165, 1.54) is 4.31 Å². The number of aromatic hydroxyl groups is 1. The van der Waals surface area contributed by atoms with E-state index in [0.29, 0.717) is 23.0 Å². The lowest BCUT2D eigenvalue weighted by Gasteiger charge is -2.38. The average Bonchev–Trinajstić information content (AvgIpc) is 3.30. The lowest BCUT2D eigenvalue weighted by Crippen LogP contribution is -2.32. The molecule has 1 aliphatic heterocycles. The van der Waals surface area contributed by atoms with E-state index in [2.05, 4.69) is 17.5 Å². The van der Waals surface area contributed by atoms with Crippen molar-refractivity contribution in [1.29, 1.82) is 0 Å². The number of phenolic OH excluding ortho intramolecular Hbond substituents is 1. The number of sulfonamides is 1. The molecule has 5 rings (SSSR count). The van der Waals surface area contributed by atoms with Crippen LogP contribution in [0.3, 0.4) is 0 Å². The zero-order valence-corrected chi connectivity index (χ0v) is 18.7. The molecule has 0 saturated heterocycles. The van der Waals surface area contributed by atoms with Crippen LogP contribution in [0, 0.1) is 5.92 Å². The number of para-hydroxylation sites is 1. The molecule has 3 aromatic rings. The van der Waals surface area contributed by atoms with E-state index in [1.807, 2.05) is 61.5 Å². The second kappa shape index (κ2) is 8.02. The highest BCUT2D eigenvalue weighted by Gasteiger charge is 2.38. The molecule has 3 aromatic carbocycles. The third kappa shape index (κ3) is 3.45. The summed E-state index contributed by atoms with van der Waals surface area (Å²) in [4.78, 5) is 0.311. The summed E-state index contributed by atoms with van der Waals surface area (Å²) in [6, 6.07) is 22.1. The maximum absolute atomic E-state index is 13.5. The van der Waals surface area contributed by atoms with E-state index in [4.69, 9.17) is 0 Å². The van der Waals surface area contributed by atoms with Crippen molar-refractivity contribution in [2.45, 2.75) is 30.2 Å². The van der Waals surface area contributed by atoms with Gasteiger partial charge in [0, 0.05) is 18.2 Å². The summed E-state index contributed by atoms with van der Waals surface area (Å²) in [5.41, 5.74) is 3.75. The summed E-state index contributed by atoms with van der Waals surface area (Å²) in [7, 11) is -3.68. The van der Waals surface area contributed by atoms with Crippen LogP contribution in [0.15, 0.2) is 89.8 Å². The Bertz CT molecular complexity index is 1250. The number of nitrogens with one attached hydrogen (secondary N) is 1. The predicted octanol–water partition coefficient (Wildman–Crippen LogP) is 5.43. The van der Waals surface area contributed by atoms with Crippen molar-refractivity contribution in [3.05, 3.63) is 96.1 Å². The molecule has 1 aliphatic carbocycles. The quantitative estimate of drug-likeness (QED) is 0.513. The van der Waals surface area contributed by atoms with Gasteiger partial charge in [0.1, 0.15) is 5.75 Å². The molecule has 0 amide bonds. The molecule has 0 fully saturated rings. The van der Waals surface area contributed by atoms with Crippen LogP contribution in [-0.2, 0) is 10.0 Å². The second-order valence-corrected chi connectivity index (χ2v) is 10.2. The molecular formula is C26H26N2O3S. The lowest BCUT2D eigenvalue weighted by atomic mass is 9.77. The minimum Gasteiger partial charge on any atom is -0.508 e. The molecular weight excluding hydrogens is 420 g/mol. The maximum Gasteiger partial charge on any atom is 0.264 e. The van der Waals surface area contributed by atoms with Gasteiger partial charge in [-0.3, -0.25) is 4.31 Å². The number of hydrogen-bond donors (Lipinski definition) is 2. The summed E-state index contributed by atoms with van der Waals surface area (Å²) in [6.07, 6.45) is 5.30. The van der Waals surface area contributed by atoms with E-state index in [0.717, 1.165) is 23.2 Å². The van der Waals surface area contributed by atoms with Crippen molar-refractivity contribution in [1.82, 2.24) is 0 Å². The van der Waals surface area contributed by atoms with Crippen LogP contribution < -0.4 is 9.62 Å². The van der Waals surface area contributed by atoms with E-state index in [1.54, 1.807) is 18.2 Å². The summed E-state index contributed by atoms with van der Waals surface area (Å²) in [5.74, 6) is 0.688. The van der Waals surface area contributed by atoms with Gasteiger partial charge in [0.2, 0.25) is 0 Å². The molecule has 5 nitrogen and oxygen atoms in total. The summed E-state index contributed by atoms with van der Waals surface area (Å²) < 4.78 is 28.5. The van der Waals surface area contributed by atoms with Crippen molar-refractivity contribution in [2.75, 3.05) is 16.2 Å². The topological polar surface area (TPSA) is 69.6 Å². The molecule has 2 N–H and O–H groups in total. The zero-order chi connectivity index (χ0) is 22.3. The van der Waals surface area contributed by atoms with Gasteiger partial charge in [-0.05, 0) is 72.9 Å². The summed E-state index contributed by atoms with van der Waals surface area (Å²) >= 11 is 0. The normalized spacial score (nSPS) is 21.5. The van der Waals surface area contributed by atoms with Gasteiger partial charge in [0.25, 0.3) is 10.0 Å². The number of allylic oxidation sites excluding steroid dienone is 2. The first-order chi connectivity index (χ1) is 15.5. The fourth-order valence-electron chi connectivity index (χ4n) is 4.96. The van der Waals surface area contributed by atoms with Crippen molar-refractivity contribution in [2.24, 2.45) is 5.92 Å². The molecule has 3 atom stereocenters. The highest BCUT2D eigenvalue weighted by Crippen LogP contribution is 2.50. The Hall–Kier alpha value is -3.25. The monoisotopic (exact) mass is 446 g/mol. The number of phenols is 1. The number of nitrogens with zero attached hydrogens (tertiary/aromatic N) is 1. The SMILES string of the molecule is CCN(c1ccccc1)S(=O)(=O)c1ccc2c(c1)C1C=CCC1C(c1ccc(O)cc1)N2. The fraction of sp³-hybridized carbons (Fsp3) is 0.231. The molecule has 164 valence electrons. The van der Waals surface area contributed by atoms with Crippen LogP contribution in [0.2, 0.25) is 0 Å². The molecule has 0 saturated carbocycles. The molecule has 32 heavy (non-hydrogen) atoms. The van der Waals surface area contributed by atoms with Crippen LogP contribution in [0.25, 0.3) is 0 Å². The van der Waals surface area contributed by atoms with Gasteiger partial charge >= 0.3 is 0 Å². The van der Waals surface area contributed by atoms with E-state index >= 15 is 0 Å². The standard InChI is InChI=1S/C26H26N2O3S/c1-2-28(19-7-4-3-5-8-19)32(30,31)21-15-16-25-24(17-21)22-9-6-10-23(22)26(27-25)18-11-13-20(29)14-12-18/h3-9,11-17,22-23,26-27,29H,2,10H2,1H3. The van der Waals surface area contributed by atoms with Gasteiger partial charge in [-0.2, -0.15) is 0 Å². The highest BCUT2D eigenvalue weighted by atomic mass is 32.2. The molecule has 1 heterocycles. The Labute approximate surface area is 189 Å². The molecule has 0 radical (unpaired) electrons. The zero-order valence-electron chi connectivity index (χ0n) is 17.8. The second-order valence-electron chi connectivity index (χ2n) is 8.32. The largest absolute Gasteiger partial charge is 0.508 e. The molecule has 0 aromatic heterocycles. The van der Waals surface area contributed by atoms with Crippen molar-refractivity contribution in [3.8, 4) is 5.75 Å². The maximum atomic E-state index is 13.5. The van der Waals surface area contributed by atoms with Crippen LogP contribution in [0.5, 0.6) is 5.75 Å². The van der Waals surface area contributed by atoms with Gasteiger partial charge in [-0.25, -0.2) is 8.42 Å². The summed E-state index contributed by atoms with van der Waals surface area (Å²) in [5, 5.41) is 13.3. The highest BCUT2D eigenvalue weighted by molar-refractivity contribution is 7.92. The third-order valence-electron chi connectivity index (χ3n) is 6.51. The fourth-order valence-corrected chi connectivity index (χ4v) is 6.47. The Kier molecular flexibility index (Phi) is 5.18. The summed E-state index contributed by atoms with van der Waals surface area (Å²) in [6.45, 7) is 2.21. The Balaban J connectivity index is 1.53. The first kappa shape index (κ1) is 20.6. The number of anilines is 2. The van der Waals surface area contributed by atoms with Crippen molar-refractivity contribution >= 4 is 21.4 Å². The van der Waals surface area contributed by atoms with Gasteiger partial charge in [0.15, 0.2) is 0 Å². The van der Waals surface area contributed by atoms with Gasteiger partial charge < -0.3 is 10.4 Å². The van der Waals surface area contributed by atoms with Crippen molar-refractivity contribution < 1.29 is 13.5 Å². The molecule has 0 spiro atoms. The van der Waals surface area contributed by atoms with E-state index in [9.17, 15) is 13.5 Å². The van der Waals surface area contributed by atoms with Gasteiger partial charge in [-0.15, -0.1) is 0 Å². The van der Waals surface area contributed by atoms with Crippen LogP contribution in [-0.4, -0.2) is 20.1 Å². The third-order valence-corrected chi connectivity index (χ3v) is 8.40. The van der Waals surface area contributed by atoms with Crippen LogP contribution in [0.4, 0.5) is 11.4 Å². The molecule has 3 unspecified atom stereocenters. The van der Waals surface area contributed by atoms with Crippen LogP contribution in [0.1, 0.15) is 36.4 Å². The Morgan fingerprint density at radius 3 is 2.50 bits per heavy atom. The lowest BCUT2D eigenvalue weighted by molar-refractivity contribution is 0.424. The average molecular weight is 447 g/mol. The predicted molar refractivity (Wildman–Crippen MR) is 128 cm³/mol. The Morgan fingerprint density at radius 2 is 1.78 bits per heavy atom. The number of rotatable bonds is 5. The number of hydrogen-bond acceptors (Lipinski definition) is 4. The Morgan fingerprint density at radius 1 is 1.03 bits per heavy atom. The van der Waals surface area contributed by atoms with Crippen molar-refractivity contribution in [3.63, 3.8) is 0 Å². The minimum atomic E-state index is -3.68. The molecule has 6 heteroatoms. The number of fused-ring (bicyclic) bond motifs is 3. The first-order valence-electron chi connectivity index (χ1n) is 10.9. The van der Waals surface area contributed by atoms with E-state index < -0.39 is 10.0 Å². The smallest absolute Gasteiger partial charge is 0.264 e. The van der Waals surface area contributed by atoms with E-state index in [-0.39, 0.29) is 17.7 Å². The minimum absolute atomic E-state index is 0.0991. The molecule has 2 aliphatic rings. The first-order valence-corrected chi connectivity index (χ1v) is 12.4. The van der Waals surface area contributed by atoms with Crippen LogP contribution >= 0.6 is 0 Å². The van der Waals surface area contributed by atoms with Gasteiger partial charge in [-0.1, -0.05) is 42.5 Å². The number of benzene rings is 3. The molecule has 0 bridgehead atoms.